The Morgan fingerprint density at radius 2 is 1.94 bits per heavy atom. The van der Waals surface area contributed by atoms with Crippen LogP contribution in [-0.2, 0) is 10.0 Å². The van der Waals surface area contributed by atoms with E-state index in [1.54, 1.807) is 0 Å². The normalized spacial score (nSPS) is 29.7. The van der Waals surface area contributed by atoms with E-state index in [1.165, 1.54) is 0 Å². The summed E-state index contributed by atoms with van der Waals surface area (Å²) < 4.78 is 26.9. The highest BCUT2D eigenvalue weighted by molar-refractivity contribution is 7.90. The van der Waals surface area contributed by atoms with Crippen molar-refractivity contribution in [2.45, 2.75) is 30.6 Å². The number of hydrogen-bond acceptors (Lipinski definition) is 4. The Labute approximate surface area is 97.6 Å². The SMILES string of the molecule is CN1CCC(NS(=O)(=O)C2CCNC2)CC1. The summed E-state index contributed by atoms with van der Waals surface area (Å²) in [5.41, 5.74) is 0. The number of sulfonamides is 1. The Morgan fingerprint density at radius 3 is 2.50 bits per heavy atom. The molecule has 0 aromatic heterocycles. The van der Waals surface area contributed by atoms with Crippen LogP contribution in [-0.4, -0.2) is 57.8 Å². The lowest BCUT2D eigenvalue weighted by molar-refractivity contribution is 0.248. The van der Waals surface area contributed by atoms with Crippen LogP contribution in [0, 0.1) is 0 Å². The molecule has 2 aliphatic rings. The van der Waals surface area contributed by atoms with Gasteiger partial charge in [0.25, 0.3) is 0 Å². The summed E-state index contributed by atoms with van der Waals surface area (Å²) in [6.07, 6.45) is 2.59. The second-order valence-electron chi connectivity index (χ2n) is 4.86. The van der Waals surface area contributed by atoms with Gasteiger partial charge in [-0.3, -0.25) is 0 Å². The summed E-state index contributed by atoms with van der Waals surface area (Å²) in [7, 11) is -1.03. The number of piperidine rings is 1. The largest absolute Gasteiger partial charge is 0.315 e. The van der Waals surface area contributed by atoms with Gasteiger partial charge in [0.15, 0.2) is 0 Å². The minimum atomic E-state index is -3.11. The summed E-state index contributed by atoms with van der Waals surface area (Å²) in [5, 5.41) is 2.87. The standard InChI is InChI=1S/C10H21N3O2S/c1-13-6-3-9(4-7-13)12-16(14,15)10-2-5-11-8-10/h9-12H,2-8H2,1H3. The van der Waals surface area contributed by atoms with Crippen LogP contribution in [0.5, 0.6) is 0 Å². The van der Waals surface area contributed by atoms with Gasteiger partial charge in [0, 0.05) is 12.6 Å². The van der Waals surface area contributed by atoms with Gasteiger partial charge in [-0.25, -0.2) is 13.1 Å². The van der Waals surface area contributed by atoms with E-state index in [1.807, 2.05) is 0 Å². The molecule has 1 unspecified atom stereocenters. The van der Waals surface area contributed by atoms with E-state index in [9.17, 15) is 8.42 Å². The molecule has 0 aromatic rings. The Hall–Kier alpha value is -0.170. The molecular weight excluding hydrogens is 226 g/mol. The van der Waals surface area contributed by atoms with E-state index in [0.29, 0.717) is 6.54 Å². The van der Waals surface area contributed by atoms with Crippen molar-refractivity contribution in [3.8, 4) is 0 Å². The van der Waals surface area contributed by atoms with E-state index in [2.05, 4.69) is 22.0 Å². The van der Waals surface area contributed by atoms with E-state index in [4.69, 9.17) is 0 Å². The molecule has 94 valence electrons. The molecule has 1 atom stereocenters. The highest BCUT2D eigenvalue weighted by Gasteiger charge is 2.31. The predicted molar refractivity (Wildman–Crippen MR) is 63.8 cm³/mol. The van der Waals surface area contributed by atoms with E-state index in [0.717, 1.165) is 38.9 Å². The fourth-order valence-corrected chi connectivity index (χ4v) is 4.01. The lowest BCUT2D eigenvalue weighted by Crippen LogP contribution is -2.46. The van der Waals surface area contributed by atoms with E-state index >= 15 is 0 Å². The zero-order valence-corrected chi connectivity index (χ0v) is 10.6. The Morgan fingerprint density at radius 1 is 1.25 bits per heavy atom. The number of nitrogens with zero attached hydrogens (tertiary/aromatic N) is 1. The first kappa shape index (κ1) is 12.3. The summed E-state index contributed by atoms with van der Waals surface area (Å²) in [4.78, 5) is 2.24. The molecule has 0 radical (unpaired) electrons. The Bertz CT molecular complexity index is 317. The number of hydrogen-bond donors (Lipinski definition) is 2. The minimum absolute atomic E-state index is 0.141. The molecule has 0 aromatic carbocycles. The Balaban J connectivity index is 1.88. The van der Waals surface area contributed by atoms with Crippen LogP contribution >= 0.6 is 0 Å². The summed E-state index contributed by atoms with van der Waals surface area (Å²) >= 11 is 0. The average Bonchev–Trinajstić information content (AvgIpc) is 2.75. The van der Waals surface area contributed by atoms with E-state index < -0.39 is 10.0 Å². The van der Waals surface area contributed by atoms with Crippen molar-refractivity contribution in [2.75, 3.05) is 33.2 Å². The third kappa shape index (κ3) is 2.94. The number of nitrogens with one attached hydrogen (secondary N) is 2. The quantitative estimate of drug-likeness (QED) is 0.696. The molecule has 16 heavy (non-hydrogen) atoms. The molecule has 2 fully saturated rings. The van der Waals surface area contributed by atoms with Crippen LogP contribution in [0.1, 0.15) is 19.3 Å². The summed E-state index contributed by atoms with van der Waals surface area (Å²) in [6, 6.07) is 0.141. The molecule has 0 bridgehead atoms. The molecule has 2 saturated heterocycles. The van der Waals surface area contributed by atoms with Crippen molar-refractivity contribution in [1.82, 2.24) is 14.9 Å². The zero-order chi connectivity index (χ0) is 11.6. The van der Waals surface area contributed by atoms with Crippen molar-refractivity contribution < 1.29 is 8.42 Å². The summed E-state index contributed by atoms with van der Waals surface area (Å²) in [5.74, 6) is 0. The van der Waals surface area contributed by atoms with E-state index in [-0.39, 0.29) is 11.3 Å². The lowest BCUT2D eigenvalue weighted by Gasteiger charge is -2.30. The van der Waals surface area contributed by atoms with Crippen molar-refractivity contribution in [2.24, 2.45) is 0 Å². The molecule has 5 nitrogen and oxygen atoms in total. The summed E-state index contributed by atoms with van der Waals surface area (Å²) in [6.45, 7) is 3.38. The average molecular weight is 247 g/mol. The van der Waals surface area contributed by atoms with Gasteiger partial charge >= 0.3 is 0 Å². The lowest BCUT2D eigenvalue weighted by atomic mass is 10.1. The van der Waals surface area contributed by atoms with Crippen LogP contribution in [0.15, 0.2) is 0 Å². The van der Waals surface area contributed by atoms with Crippen molar-refractivity contribution in [3.05, 3.63) is 0 Å². The number of rotatable bonds is 3. The van der Waals surface area contributed by atoms with Crippen LogP contribution < -0.4 is 10.0 Å². The third-order valence-corrected chi connectivity index (χ3v) is 5.45. The van der Waals surface area contributed by atoms with Gasteiger partial charge in [0.05, 0.1) is 5.25 Å². The second kappa shape index (κ2) is 5.00. The topological polar surface area (TPSA) is 61.4 Å². The maximum absolute atomic E-state index is 12.0. The highest BCUT2D eigenvalue weighted by atomic mass is 32.2. The zero-order valence-electron chi connectivity index (χ0n) is 9.78. The third-order valence-electron chi connectivity index (χ3n) is 3.50. The van der Waals surface area contributed by atoms with Gasteiger partial charge in [0.1, 0.15) is 0 Å². The molecule has 6 heteroatoms. The number of likely N-dealkylation sites (tertiary alicyclic amines) is 1. The molecule has 0 amide bonds. The van der Waals surface area contributed by atoms with Gasteiger partial charge in [0.2, 0.25) is 10.0 Å². The molecular formula is C10H21N3O2S. The molecule has 0 spiro atoms. The first-order chi connectivity index (χ1) is 7.58. The molecule has 2 heterocycles. The molecule has 0 aliphatic carbocycles. The molecule has 2 rings (SSSR count). The van der Waals surface area contributed by atoms with Crippen LogP contribution in [0.3, 0.4) is 0 Å². The fraction of sp³-hybridized carbons (Fsp3) is 1.00. The van der Waals surface area contributed by atoms with Crippen molar-refractivity contribution >= 4 is 10.0 Å². The minimum Gasteiger partial charge on any atom is -0.315 e. The van der Waals surface area contributed by atoms with Crippen LogP contribution in [0.2, 0.25) is 0 Å². The maximum atomic E-state index is 12.0. The maximum Gasteiger partial charge on any atom is 0.216 e. The van der Waals surface area contributed by atoms with Gasteiger partial charge < -0.3 is 10.2 Å². The van der Waals surface area contributed by atoms with Gasteiger partial charge in [-0.2, -0.15) is 0 Å². The molecule has 2 aliphatic heterocycles. The first-order valence-electron chi connectivity index (χ1n) is 5.98. The van der Waals surface area contributed by atoms with Gasteiger partial charge in [-0.15, -0.1) is 0 Å². The molecule has 0 saturated carbocycles. The van der Waals surface area contributed by atoms with Crippen LogP contribution in [0.4, 0.5) is 0 Å². The van der Waals surface area contributed by atoms with Crippen molar-refractivity contribution in [1.29, 1.82) is 0 Å². The fourth-order valence-electron chi connectivity index (χ4n) is 2.35. The smallest absolute Gasteiger partial charge is 0.216 e. The molecule has 2 N–H and O–H groups in total. The van der Waals surface area contributed by atoms with Gasteiger partial charge in [-0.1, -0.05) is 0 Å². The Kier molecular flexibility index (Phi) is 3.84. The highest BCUT2D eigenvalue weighted by Crippen LogP contribution is 2.14. The van der Waals surface area contributed by atoms with Crippen LogP contribution in [0.25, 0.3) is 0 Å². The van der Waals surface area contributed by atoms with Gasteiger partial charge in [-0.05, 0) is 45.9 Å². The monoisotopic (exact) mass is 247 g/mol. The first-order valence-corrected chi connectivity index (χ1v) is 7.53. The predicted octanol–water partition coefficient (Wildman–Crippen LogP) is -0.638. The van der Waals surface area contributed by atoms with Crippen molar-refractivity contribution in [3.63, 3.8) is 0 Å². The second-order valence-corrected chi connectivity index (χ2v) is 6.85.